The summed E-state index contributed by atoms with van der Waals surface area (Å²) in [7, 11) is 0. The van der Waals surface area contributed by atoms with Crippen LogP contribution in [0.1, 0.15) is 205 Å². The Kier molecular flexibility index (Phi) is 41.2. The molecule has 0 spiro atoms. The van der Waals surface area contributed by atoms with Gasteiger partial charge in [0.1, 0.15) is 0 Å². The van der Waals surface area contributed by atoms with Gasteiger partial charge >= 0.3 is 48.9 Å². The number of carbonyl (C=O) groups excluding carboxylic acids is 2. The maximum atomic E-state index is 10.4. The number of ether oxygens (including phenoxy) is 2. The molecule has 2 N–H and O–H groups in total. The van der Waals surface area contributed by atoms with E-state index in [2.05, 4.69) is 38.1 Å². The molecule has 0 radical (unpaired) electrons. The molecule has 4 atom stereocenters. The second kappa shape index (κ2) is 42.1. The molecule has 0 saturated carbocycles. The summed E-state index contributed by atoms with van der Waals surface area (Å²) in [4.78, 5) is 20.6. The van der Waals surface area contributed by atoms with Crippen molar-refractivity contribution in [3.63, 3.8) is 0 Å². The van der Waals surface area contributed by atoms with Gasteiger partial charge in [0, 0.05) is 11.9 Å². The third-order valence-electron chi connectivity index (χ3n) is 11.0. The van der Waals surface area contributed by atoms with Gasteiger partial charge in [-0.25, -0.2) is 0 Å². The van der Waals surface area contributed by atoms with E-state index in [1.807, 2.05) is 36.4 Å². The minimum Gasteiger partial charge on any atom is -0.550 e. The number of benzene rings is 2. The van der Waals surface area contributed by atoms with Crippen LogP contribution in [0.5, 0.6) is 0 Å². The summed E-state index contributed by atoms with van der Waals surface area (Å²) in [5, 5.41) is 41.5. The smallest absolute Gasteiger partial charge is 0.550 e. The summed E-state index contributed by atoms with van der Waals surface area (Å²) in [6, 6.07) is 20.2. The van der Waals surface area contributed by atoms with Crippen molar-refractivity contribution >= 4 is 60.8 Å². The second-order valence-corrected chi connectivity index (χ2v) is 16.2. The molecule has 0 aliphatic carbocycles. The van der Waals surface area contributed by atoms with Crippen LogP contribution in [-0.4, -0.2) is 95.4 Å². The summed E-state index contributed by atoms with van der Waals surface area (Å²) >= 11 is 0. The topological polar surface area (TPSA) is 139 Å². The van der Waals surface area contributed by atoms with E-state index < -0.39 is 11.9 Å². The molecule has 0 fully saturated rings. The molecule has 59 heavy (non-hydrogen) atoms. The van der Waals surface area contributed by atoms with Crippen LogP contribution >= 0.6 is 0 Å². The molecular weight excluding hydrogens is 866 g/mol. The summed E-state index contributed by atoms with van der Waals surface area (Å²) in [6.07, 6.45) is 28.1. The predicted molar refractivity (Wildman–Crippen MR) is 238 cm³/mol. The zero-order valence-corrected chi connectivity index (χ0v) is 41.8. The van der Waals surface area contributed by atoms with Crippen molar-refractivity contribution in [2.45, 2.75) is 231 Å². The first-order valence-electron chi connectivity index (χ1n) is 23.3. The van der Waals surface area contributed by atoms with Gasteiger partial charge in [0.25, 0.3) is 0 Å². The van der Waals surface area contributed by atoms with Crippen LogP contribution in [0.25, 0.3) is 0 Å². The van der Waals surface area contributed by atoms with E-state index in [0.717, 1.165) is 88.2 Å². The molecule has 0 aromatic heterocycles. The predicted octanol–water partition coefficient (Wildman–Crippen LogP) is 9.95. The number of aliphatic hydroxyl groups excluding tert-OH is 2. The Morgan fingerprint density at radius 3 is 0.966 bits per heavy atom. The molecule has 2 aromatic carbocycles. The molecule has 0 bridgehead atoms. The number of carboxylic acids is 2. The van der Waals surface area contributed by atoms with Gasteiger partial charge < -0.3 is 39.5 Å². The Hall–Kier alpha value is -1.21. The van der Waals surface area contributed by atoms with Crippen molar-refractivity contribution in [3.05, 3.63) is 71.8 Å². The van der Waals surface area contributed by atoms with Crippen molar-refractivity contribution in [1.29, 1.82) is 0 Å². The third-order valence-corrected chi connectivity index (χ3v) is 11.0. The van der Waals surface area contributed by atoms with Crippen molar-refractivity contribution in [1.82, 2.24) is 0 Å². The fourth-order valence-corrected chi connectivity index (χ4v) is 7.36. The zero-order valence-electron chi connectivity index (χ0n) is 37.3. The fourth-order valence-electron chi connectivity index (χ4n) is 7.36. The molecule has 332 valence electrons. The number of unbranched alkanes of at least 4 members (excludes halogenated alkanes) is 20. The quantitative estimate of drug-likeness (QED) is 0.0501. The van der Waals surface area contributed by atoms with Crippen LogP contribution < -0.4 is 10.2 Å². The first-order valence-corrected chi connectivity index (χ1v) is 23.3. The summed E-state index contributed by atoms with van der Waals surface area (Å²) < 4.78 is 11.9. The minimum atomic E-state index is -0.928. The number of aliphatic hydroxyl groups is 2. The van der Waals surface area contributed by atoms with Gasteiger partial charge in [0.2, 0.25) is 0 Å². The molecular formula is C50H82BaO8. The van der Waals surface area contributed by atoms with E-state index in [1.165, 1.54) is 89.9 Å². The normalized spacial score (nSPS) is 13.1. The molecule has 2 aromatic rings. The minimum absolute atomic E-state index is 0. The maximum Gasteiger partial charge on any atom is 2.00 e. The number of carbonyl (C=O) groups is 2. The SMILES string of the molecule is CCC(OCc1ccccc1)C(O)CCCCCCCCCCCCCC(=O)[O-].CCC(OCc1ccccc1)C(O)CCCCCCCCCCCCCC(=O)[O-].[Ba+2]. The van der Waals surface area contributed by atoms with E-state index in [0.29, 0.717) is 13.2 Å². The van der Waals surface area contributed by atoms with Crippen LogP contribution in [0.4, 0.5) is 0 Å². The van der Waals surface area contributed by atoms with E-state index in [4.69, 9.17) is 9.47 Å². The Balaban J connectivity index is 0.00000112. The van der Waals surface area contributed by atoms with Gasteiger partial charge in [-0.15, -0.1) is 0 Å². The molecule has 0 saturated heterocycles. The van der Waals surface area contributed by atoms with Crippen molar-refractivity contribution < 1.29 is 39.5 Å². The Morgan fingerprint density at radius 2 is 0.712 bits per heavy atom. The fraction of sp³-hybridized carbons (Fsp3) is 0.720. The Labute approximate surface area is 400 Å². The first kappa shape index (κ1) is 57.8. The molecule has 0 aliphatic heterocycles. The maximum absolute atomic E-state index is 10.4. The van der Waals surface area contributed by atoms with Crippen molar-refractivity contribution in [2.75, 3.05) is 0 Å². The van der Waals surface area contributed by atoms with Crippen LogP contribution in [0.2, 0.25) is 0 Å². The largest absolute Gasteiger partial charge is 2.00 e. The summed E-state index contributed by atoms with van der Waals surface area (Å²) in [6.45, 7) is 5.27. The number of rotatable bonds is 38. The molecule has 8 nitrogen and oxygen atoms in total. The van der Waals surface area contributed by atoms with Crippen molar-refractivity contribution in [3.8, 4) is 0 Å². The second-order valence-electron chi connectivity index (χ2n) is 16.2. The molecule has 2 rings (SSSR count). The zero-order chi connectivity index (χ0) is 42.3. The van der Waals surface area contributed by atoms with Gasteiger partial charge in [0.15, 0.2) is 0 Å². The standard InChI is InChI=1S/2C25H42O4.Ba/c2*1-2-24(29-21-22-17-13-12-14-18-22)23(26)19-15-10-8-6-4-3-5-7-9-11-16-20-25(27)28;/h2*12-14,17-18,23-24,26H,2-11,15-16,19-21H2,1H3,(H,27,28);/q;;+2/p-2. The molecule has 0 aliphatic rings. The van der Waals surface area contributed by atoms with Gasteiger partial charge in [-0.3, -0.25) is 0 Å². The van der Waals surface area contributed by atoms with E-state index in [9.17, 15) is 30.0 Å². The average Bonchev–Trinajstić information content (AvgIpc) is 3.22. The number of hydrogen-bond acceptors (Lipinski definition) is 8. The Bertz CT molecular complexity index is 1110. The molecule has 9 heteroatoms. The van der Waals surface area contributed by atoms with Crippen LogP contribution in [0.15, 0.2) is 60.7 Å². The van der Waals surface area contributed by atoms with Crippen LogP contribution in [0, 0.1) is 0 Å². The number of aliphatic carboxylic acids is 2. The monoisotopic (exact) mass is 949 g/mol. The van der Waals surface area contributed by atoms with E-state index in [1.54, 1.807) is 0 Å². The summed E-state index contributed by atoms with van der Waals surface area (Å²) in [5.41, 5.74) is 2.30. The van der Waals surface area contributed by atoms with E-state index >= 15 is 0 Å². The van der Waals surface area contributed by atoms with Crippen LogP contribution in [-0.2, 0) is 32.3 Å². The average molecular weight is 949 g/mol. The molecule has 0 heterocycles. The third kappa shape index (κ3) is 36.0. The van der Waals surface area contributed by atoms with Gasteiger partial charge in [-0.05, 0) is 62.5 Å². The molecule has 0 amide bonds. The molecule has 4 unspecified atom stereocenters. The van der Waals surface area contributed by atoms with Gasteiger partial charge in [0.05, 0.1) is 37.6 Å². The van der Waals surface area contributed by atoms with Gasteiger partial charge in [-0.2, -0.15) is 0 Å². The number of hydrogen-bond donors (Lipinski definition) is 2. The van der Waals surface area contributed by atoms with Crippen LogP contribution in [0.3, 0.4) is 0 Å². The Morgan fingerprint density at radius 1 is 0.458 bits per heavy atom. The van der Waals surface area contributed by atoms with Gasteiger partial charge in [-0.1, -0.05) is 203 Å². The first-order chi connectivity index (χ1) is 28.3. The van der Waals surface area contributed by atoms with E-state index in [-0.39, 0.29) is 86.1 Å². The number of carboxylic acid groups (broad SMARTS) is 2. The summed E-state index contributed by atoms with van der Waals surface area (Å²) in [5.74, 6) is -1.86. The van der Waals surface area contributed by atoms with Crippen molar-refractivity contribution in [2.24, 2.45) is 0 Å².